The molecule has 2 aromatic carbocycles. The van der Waals surface area contributed by atoms with Gasteiger partial charge in [0, 0.05) is 17.2 Å². The van der Waals surface area contributed by atoms with E-state index in [0.29, 0.717) is 34.1 Å². The van der Waals surface area contributed by atoms with Gasteiger partial charge in [0.15, 0.2) is 17.3 Å². The molecule has 126 valence electrons. The largest absolute Gasteiger partial charge is 0.502 e. The predicted octanol–water partition coefficient (Wildman–Crippen LogP) is 2.78. The molecule has 0 aromatic heterocycles. The van der Waals surface area contributed by atoms with Gasteiger partial charge in [-0.3, -0.25) is 4.79 Å². The number of ketones is 1. The van der Waals surface area contributed by atoms with Crippen molar-refractivity contribution < 1.29 is 28.8 Å². The average molecular weight is 330 g/mol. The van der Waals surface area contributed by atoms with Crippen molar-refractivity contribution in [3.8, 4) is 28.7 Å². The van der Waals surface area contributed by atoms with Gasteiger partial charge in [-0.1, -0.05) is 6.07 Å². The van der Waals surface area contributed by atoms with Crippen molar-refractivity contribution in [2.45, 2.75) is 5.92 Å². The second kappa shape index (κ2) is 6.31. The zero-order chi connectivity index (χ0) is 17.3. The fraction of sp³-hybridized carbons (Fsp3) is 0.278. The van der Waals surface area contributed by atoms with E-state index in [1.807, 2.05) is 0 Å². The van der Waals surface area contributed by atoms with Crippen LogP contribution in [0.3, 0.4) is 0 Å². The number of fused-ring (bicyclic) bond motifs is 1. The molecule has 1 N–H and O–H groups in total. The topological polar surface area (TPSA) is 74.2 Å². The van der Waals surface area contributed by atoms with Crippen molar-refractivity contribution in [2.24, 2.45) is 0 Å². The maximum Gasteiger partial charge on any atom is 0.201 e. The zero-order valence-electron chi connectivity index (χ0n) is 13.7. The van der Waals surface area contributed by atoms with Gasteiger partial charge in [-0.15, -0.1) is 0 Å². The smallest absolute Gasteiger partial charge is 0.201 e. The number of hydrogen-bond acceptors (Lipinski definition) is 6. The molecule has 1 unspecified atom stereocenters. The van der Waals surface area contributed by atoms with Crippen LogP contribution in [0.2, 0.25) is 0 Å². The molecule has 6 nitrogen and oxygen atoms in total. The number of benzene rings is 2. The van der Waals surface area contributed by atoms with E-state index in [2.05, 4.69) is 0 Å². The molecule has 24 heavy (non-hydrogen) atoms. The van der Waals surface area contributed by atoms with E-state index >= 15 is 0 Å². The van der Waals surface area contributed by atoms with Crippen molar-refractivity contribution in [3.63, 3.8) is 0 Å². The quantitative estimate of drug-likeness (QED) is 0.850. The summed E-state index contributed by atoms with van der Waals surface area (Å²) in [5.41, 5.74) is 1.10. The van der Waals surface area contributed by atoms with Crippen LogP contribution >= 0.6 is 0 Å². The Morgan fingerprint density at radius 2 is 1.75 bits per heavy atom. The highest BCUT2D eigenvalue weighted by Crippen LogP contribution is 2.46. The fourth-order valence-electron chi connectivity index (χ4n) is 2.78. The Hall–Kier alpha value is -2.89. The third kappa shape index (κ3) is 2.60. The summed E-state index contributed by atoms with van der Waals surface area (Å²) < 4.78 is 21.0. The second-order valence-corrected chi connectivity index (χ2v) is 5.36. The molecule has 1 atom stereocenters. The van der Waals surface area contributed by atoms with E-state index < -0.39 is 5.92 Å². The van der Waals surface area contributed by atoms with Gasteiger partial charge in [0.1, 0.15) is 18.1 Å². The lowest BCUT2D eigenvalue weighted by molar-refractivity contribution is 0.0946. The Balaban J connectivity index is 1.98. The van der Waals surface area contributed by atoms with Gasteiger partial charge in [0.05, 0.1) is 27.2 Å². The van der Waals surface area contributed by atoms with E-state index in [1.54, 1.807) is 30.3 Å². The van der Waals surface area contributed by atoms with Gasteiger partial charge < -0.3 is 24.1 Å². The van der Waals surface area contributed by atoms with E-state index in [-0.39, 0.29) is 18.1 Å². The van der Waals surface area contributed by atoms with Gasteiger partial charge in [0.25, 0.3) is 0 Å². The lowest BCUT2D eigenvalue weighted by atomic mass is 9.92. The number of phenols is 1. The molecule has 6 heteroatoms. The number of phenolic OH excluding ortho intramolecular Hbond substituents is 1. The standard InChI is InChI=1S/C18H18O6/c1-21-11-6-10(7-12(8-11)22-2)16(19)14-9-24-18-13(14)4-5-15(23-3)17(18)20/h4-8,14,20H,9H2,1-3H3. The van der Waals surface area contributed by atoms with Crippen molar-refractivity contribution in [2.75, 3.05) is 27.9 Å². The summed E-state index contributed by atoms with van der Waals surface area (Å²) in [6.07, 6.45) is 0. The van der Waals surface area contributed by atoms with Crippen LogP contribution in [0.5, 0.6) is 28.7 Å². The number of hydrogen-bond donors (Lipinski definition) is 1. The highest BCUT2D eigenvalue weighted by atomic mass is 16.5. The Kier molecular flexibility index (Phi) is 4.20. The number of ether oxygens (including phenoxy) is 4. The Morgan fingerprint density at radius 1 is 1.08 bits per heavy atom. The summed E-state index contributed by atoms with van der Waals surface area (Å²) in [6.45, 7) is 0.161. The molecule has 0 fully saturated rings. The van der Waals surface area contributed by atoms with Crippen molar-refractivity contribution in [3.05, 3.63) is 41.5 Å². The van der Waals surface area contributed by atoms with Crippen LogP contribution in [0, 0.1) is 0 Å². The van der Waals surface area contributed by atoms with Crippen LogP contribution in [-0.4, -0.2) is 38.8 Å². The third-order valence-corrected chi connectivity index (χ3v) is 4.07. The molecule has 0 aliphatic carbocycles. The molecular weight excluding hydrogens is 312 g/mol. The molecule has 0 saturated heterocycles. The van der Waals surface area contributed by atoms with Crippen LogP contribution < -0.4 is 18.9 Å². The molecule has 1 heterocycles. The molecule has 1 aliphatic heterocycles. The van der Waals surface area contributed by atoms with Gasteiger partial charge in [-0.05, 0) is 18.2 Å². The van der Waals surface area contributed by atoms with Crippen LogP contribution in [0.25, 0.3) is 0 Å². The van der Waals surface area contributed by atoms with Crippen LogP contribution in [-0.2, 0) is 0 Å². The van der Waals surface area contributed by atoms with Crippen molar-refractivity contribution in [1.29, 1.82) is 0 Å². The molecule has 3 rings (SSSR count). The predicted molar refractivity (Wildman–Crippen MR) is 86.8 cm³/mol. The van der Waals surface area contributed by atoms with Gasteiger partial charge in [-0.25, -0.2) is 0 Å². The van der Waals surface area contributed by atoms with Crippen molar-refractivity contribution >= 4 is 5.78 Å². The summed E-state index contributed by atoms with van der Waals surface area (Å²) in [5.74, 6) is 0.953. The number of aromatic hydroxyl groups is 1. The maximum absolute atomic E-state index is 12.9. The maximum atomic E-state index is 12.9. The minimum absolute atomic E-state index is 0.0893. The Labute approximate surface area is 139 Å². The monoisotopic (exact) mass is 330 g/mol. The summed E-state index contributed by atoms with van der Waals surface area (Å²) in [4.78, 5) is 12.9. The summed E-state index contributed by atoms with van der Waals surface area (Å²) in [6, 6.07) is 8.38. The van der Waals surface area contributed by atoms with Gasteiger partial charge >= 0.3 is 0 Å². The molecule has 1 aliphatic rings. The molecule has 0 spiro atoms. The number of rotatable bonds is 5. The van der Waals surface area contributed by atoms with Gasteiger partial charge in [0.2, 0.25) is 5.75 Å². The summed E-state index contributed by atoms with van der Waals surface area (Å²) in [7, 11) is 4.52. The van der Waals surface area contributed by atoms with E-state index in [0.717, 1.165) is 0 Å². The van der Waals surface area contributed by atoms with E-state index in [4.69, 9.17) is 18.9 Å². The minimum atomic E-state index is -0.506. The highest BCUT2D eigenvalue weighted by molar-refractivity contribution is 6.02. The molecule has 0 saturated carbocycles. The molecule has 0 amide bonds. The second-order valence-electron chi connectivity index (χ2n) is 5.36. The Morgan fingerprint density at radius 3 is 2.33 bits per heavy atom. The third-order valence-electron chi connectivity index (χ3n) is 4.07. The normalized spacial score (nSPS) is 15.4. The first-order chi connectivity index (χ1) is 11.6. The number of methoxy groups -OCH3 is 3. The summed E-state index contributed by atoms with van der Waals surface area (Å²) in [5, 5.41) is 10.1. The molecule has 0 bridgehead atoms. The van der Waals surface area contributed by atoms with Crippen LogP contribution in [0.1, 0.15) is 21.8 Å². The lowest BCUT2D eigenvalue weighted by Crippen LogP contribution is -2.14. The first-order valence-electron chi connectivity index (χ1n) is 7.39. The van der Waals surface area contributed by atoms with Crippen molar-refractivity contribution in [1.82, 2.24) is 0 Å². The minimum Gasteiger partial charge on any atom is -0.502 e. The molecular formula is C18H18O6. The zero-order valence-corrected chi connectivity index (χ0v) is 13.7. The SMILES string of the molecule is COc1cc(OC)cc(C(=O)C2COc3c2ccc(OC)c3O)c1. The highest BCUT2D eigenvalue weighted by Gasteiger charge is 2.34. The lowest BCUT2D eigenvalue weighted by Gasteiger charge is -2.12. The number of carbonyl (C=O) groups is 1. The van der Waals surface area contributed by atoms with E-state index in [1.165, 1.54) is 21.3 Å². The fourth-order valence-corrected chi connectivity index (χ4v) is 2.78. The number of Topliss-reactive ketones (excluding diaryl/α,β-unsaturated/α-hetero) is 1. The molecule has 2 aromatic rings. The molecule has 0 radical (unpaired) electrons. The van der Waals surface area contributed by atoms with Gasteiger partial charge in [-0.2, -0.15) is 0 Å². The first-order valence-corrected chi connectivity index (χ1v) is 7.39. The first kappa shape index (κ1) is 16.0. The van der Waals surface area contributed by atoms with Crippen LogP contribution in [0.15, 0.2) is 30.3 Å². The number of carbonyl (C=O) groups excluding carboxylic acids is 1. The Bertz CT molecular complexity index is 761. The summed E-state index contributed by atoms with van der Waals surface area (Å²) >= 11 is 0. The van der Waals surface area contributed by atoms with E-state index in [9.17, 15) is 9.90 Å². The van der Waals surface area contributed by atoms with Crippen LogP contribution in [0.4, 0.5) is 0 Å². The average Bonchev–Trinajstić information content (AvgIpc) is 3.05.